The summed E-state index contributed by atoms with van der Waals surface area (Å²) in [5.74, 6) is 0.895. The van der Waals surface area contributed by atoms with Crippen LogP contribution in [0.15, 0.2) is 36.4 Å². The van der Waals surface area contributed by atoms with Crippen molar-refractivity contribution in [2.24, 2.45) is 0 Å². The molecule has 21 heavy (non-hydrogen) atoms. The number of aryl methyl sites for hydroxylation is 1. The maximum Gasteiger partial charge on any atom is 0.123 e. The number of anilines is 1. The number of rotatable bonds is 3. The van der Waals surface area contributed by atoms with E-state index in [0.717, 1.165) is 11.3 Å². The summed E-state index contributed by atoms with van der Waals surface area (Å²) in [7, 11) is 0. The van der Waals surface area contributed by atoms with Gasteiger partial charge in [0.05, 0.1) is 0 Å². The van der Waals surface area contributed by atoms with Gasteiger partial charge in [-0.1, -0.05) is 50.1 Å². The molecule has 0 radical (unpaired) electrons. The Kier molecular flexibility index (Phi) is 4.48. The molecule has 0 bridgehead atoms. The highest BCUT2D eigenvalue weighted by Gasteiger charge is 2.19. The van der Waals surface area contributed by atoms with E-state index < -0.39 is 0 Å². The summed E-state index contributed by atoms with van der Waals surface area (Å²) in [6, 6.07) is 11.7. The first kappa shape index (κ1) is 15.7. The van der Waals surface area contributed by atoms with Gasteiger partial charge < -0.3 is 10.5 Å². The minimum absolute atomic E-state index is 0.0286. The van der Waals surface area contributed by atoms with Crippen LogP contribution in [-0.4, -0.2) is 0 Å². The fraction of sp³-hybridized carbons (Fsp3) is 0.333. The lowest BCUT2D eigenvalue weighted by atomic mass is 9.85. The van der Waals surface area contributed by atoms with Crippen LogP contribution in [0.4, 0.5) is 5.69 Å². The van der Waals surface area contributed by atoms with Gasteiger partial charge in [0.1, 0.15) is 12.4 Å². The number of ether oxygens (including phenoxy) is 1. The van der Waals surface area contributed by atoms with E-state index in [1.807, 2.05) is 12.1 Å². The van der Waals surface area contributed by atoms with Gasteiger partial charge in [0, 0.05) is 16.3 Å². The molecule has 0 atom stereocenters. The fourth-order valence-corrected chi connectivity index (χ4v) is 2.39. The van der Waals surface area contributed by atoms with E-state index in [2.05, 4.69) is 39.8 Å². The number of halogens is 1. The lowest BCUT2D eigenvalue weighted by Gasteiger charge is -2.23. The summed E-state index contributed by atoms with van der Waals surface area (Å²) in [5, 5.41) is 0.675. The molecule has 2 aromatic carbocycles. The van der Waals surface area contributed by atoms with Crippen molar-refractivity contribution in [3.8, 4) is 5.75 Å². The summed E-state index contributed by atoms with van der Waals surface area (Å²) in [4.78, 5) is 0. The van der Waals surface area contributed by atoms with Crippen molar-refractivity contribution >= 4 is 17.3 Å². The molecular weight excluding hydrogens is 282 g/mol. The van der Waals surface area contributed by atoms with Crippen LogP contribution in [0.1, 0.15) is 37.5 Å². The lowest BCUT2D eigenvalue weighted by molar-refractivity contribution is 0.297. The minimum Gasteiger partial charge on any atom is -0.489 e. The Balaban J connectivity index is 2.26. The van der Waals surface area contributed by atoms with Crippen molar-refractivity contribution < 1.29 is 4.74 Å². The summed E-state index contributed by atoms with van der Waals surface area (Å²) in [6.07, 6.45) is 0. The van der Waals surface area contributed by atoms with Crippen LogP contribution in [0, 0.1) is 6.92 Å². The first-order valence-corrected chi connectivity index (χ1v) is 7.43. The van der Waals surface area contributed by atoms with Crippen molar-refractivity contribution in [1.82, 2.24) is 0 Å². The zero-order valence-corrected chi connectivity index (χ0v) is 13.8. The number of benzene rings is 2. The largest absolute Gasteiger partial charge is 0.489 e. The highest BCUT2D eigenvalue weighted by molar-refractivity contribution is 6.31. The van der Waals surface area contributed by atoms with Gasteiger partial charge in [0.2, 0.25) is 0 Å². The van der Waals surface area contributed by atoms with Crippen molar-refractivity contribution in [2.75, 3.05) is 5.73 Å². The zero-order valence-electron chi connectivity index (χ0n) is 13.0. The van der Waals surface area contributed by atoms with Gasteiger partial charge in [0.15, 0.2) is 0 Å². The predicted octanol–water partition coefficient (Wildman–Crippen LogP) is 5.11. The average Bonchev–Trinajstić information content (AvgIpc) is 2.40. The molecule has 0 aliphatic carbocycles. The topological polar surface area (TPSA) is 35.2 Å². The molecule has 0 aromatic heterocycles. The van der Waals surface area contributed by atoms with Gasteiger partial charge in [-0.05, 0) is 42.2 Å². The Morgan fingerprint density at radius 2 is 1.81 bits per heavy atom. The van der Waals surface area contributed by atoms with Crippen molar-refractivity contribution in [2.45, 2.75) is 39.7 Å². The van der Waals surface area contributed by atoms with Gasteiger partial charge in [-0.3, -0.25) is 0 Å². The van der Waals surface area contributed by atoms with Crippen molar-refractivity contribution in [3.63, 3.8) is 0 Å². The SMILES string of the molecule is Cc1ccc(OCc2cc(N)ccc2Cl)c(C(C)(C)C)c1. The van der Waals surface area contributed by atoms with E-state index in [9.17, 15) is 0 Å². The summed E-state index contributed by atoms with van der Waals surface area (Å²) in [5.41, 5.74) is 9.85. The second-order valence-corrected chi connectivity index (χ2v) is 6.80. The van der Waals surface area contributed by atoms with Crippen LogP contribution in [0.25, 0.3) is 0 Å². The van der Waals surface area contributed by atoms with Crippen LogP contribution in [0.3, 0.4) is 0 Å². The lowest BCUT2D eigenvalue weighted by Crippen LogP contribution is -2.14. The standard InChI is InChI=1S/C18H22ClNO/c1-12-5-8-17(15(9-12)18(2,3)4)21-11-13-10-14(20)6-7-16(13)19/h5-10H,11,20H2,1-4H3. The second kappa shape index (κ2) is 5.98. The van der Waals surface area contributed by atoms with E-state index in [1.165, 1.54) is 11.1 Å². The Hall–Kier alpha value is -1.67. The molecule has 0 spiro atoms. The average molecular weight is 304 g/mol. The predicted molar refractivity (Wildman–Crippen MR) is 90.1 cm³/mol. The molecule has 0 aliphatic heterocycles. The number of nitrogen functional groups attached to an aromatic ring is 1. The molecule has 0 heterocycles. The molecule has 2 N–H and O–H groups in total. The Labute approximate surface area is 131 Å². The zero-order chi connectivity index (χ0) is 15.6. The molecule has 0 aliphatic rings. The van der Waals surface area contributed by atoms with E-state index in [1.54, 1.807) is 12.1 Å². The quantitative estimate of drug-likeness (QED) is 0.800. The van der Waals surface area contributed by atoms with Gasteiger partial charge in [-0.25, -0.2) is 0 Å². The Morgan fingerprint density at radius 3 is 2.48 bits per heavy atom. The van der Waals surface area contributed by atoms with E-state index >= 15 is 0 Å². The van der Waals surface area contributed by atoms with Crippen LogP contribution in [-0.2, 0) is 12.0 Å². The van der Waals surface area contributed by atoms with Gasteiger partial charge >= 0.3 is 0 Å². The van der Waals surface area contributed by atoms with Crippen LogP contribution >= 0.6 is 11.6 Å². The molecule has 2 nitrogen and oxygen atoms in total. The maximum absolute atomic E-state index is 6.18. The summed E-state index contributed by atoms with van der Waals surface area (Å²) >= 11 is 6.18. The first-order chi connectivity index (χ1) is 9.77. The molecule has 0 fully saturated rings. The van der Waals surface area contributed by atoms with Crippen LogP contribution in [0.5, 0.6) is 5.75 Å². The van der Waals surface area contributed by atoms with E-state index in [0.29, 0.717) is 17.3 Å². The minimum atomic E-state index is 0.0286. The third kappa shape index (κ3) is 3.92. The maximum atomic E-state index is 6.18. The number of nitrogens with two attached hydrogens (primary N) is 1. The molecule has 2 rings (SSSR count). The normalized spacial score (nSPS) is 11.5. The van der Waals surface area contributed by atoms with Gasteiger partial charge in [0.25, 0.3) is 0 Å². The molecule has 112 valence electrons. The van der Waals surface area contributed by atoms with Crippen molar-refractivity contribution in [1.29, 1.82) is 0 Å². The Bertz CT molecular complexity index is 644. The van der Waals surface area contributed by atoms with E-state index in [4.69, 9.17) is 22.1 Å². The monoisotopic (exact) mass is 303 g/mol. The molecular formula is C18H22ClNO. The molecule has 0 amide bonds. The van der Waals surface area contributed by atoms with Gasteiger partial charge in [-0.15, -0.1) is 0 Å². The summed E-state index contributed by atoms with van der Waals surface area (Å²) < 4.78 is 6.00. The first-order valence-electron chi connectivity index (χ1n) is 7.05. The molecule has 2 aromatic rings. The van der Waals surface area contributed by atoms with Crippen LogP contribution in [0.2, 0.25) is 5.02 Å². The second-order valence-electron chi connectivity index (χ2n) is 6.39. The van der Waals surface area contributed by atoms with Crippen LogP contribution < -0.4 is 10.5 Å². The number of hydrogen-bond acceptors (Lipinski definition) is 2. The Morgan fingerprint density at radius 1 is 1.10 bits per heavy atom. The molecule has 0 unspecified atom stereocenters. The van der Waals surface area contributed by atoms with Crippen molar-refractivity contribution in [3.05, 3.63) is 58.1 Å². The third-order valence-electron chi connectivity index (χ3n) is 3.40. The third-order valence-corrected chi connectivity index (χ3v) is 3.76. The molecule has 3 heteroatoms. The number of hydrogen-bond donors (Lipinski definition) is 1. The summed E-state index contributed by atoms with van der Waals surface area (Å²) in [6.45, 7) is 9.05. The molecule has 0 saturated heterocycles. The fourth-order valence-electron chi connectivity index (χ4n) is 2.22. The highest BCUT2D eigenvalue weighted by atomic mass is 35.5. The van der Waals surface area contributed by atoms with E-state index in [-0.39, 0.29) is 5.41 Å². The molecule has 0 saturated carbocycles. The van der Waals surface area contributed by atoms with Gasteiger partial charge in [-0.2, -0.15) is 0 Å². The smallest absolute Gasteiger partial charge is 0.123 e. The highest BCUT2D eigenvalue weighted by Crippen LogP contribution is 2.33.